The molecule has 0 bridgehead atoms. The summed E-state index contributed by atoms with van der Waals surface area (Å²) in [6.45, 7) is 5.35. The Labute approximate surface area is 64.3 Å². The van der Waals surface area contributed by atoms with E-state index >= 15 is 0 Å². The lowest BCUT2D eigenvalue weighted by molar-refractivity contribution is 1.42. The van der Waals surface area contributed by atoms with Crippen LogP contribution in [0.3, 0.4) is 0 Å². The highest BCUT2D eigenvalue weighted by Crippen LogP contribution is 1.96. The molecule has 0 spiro atoms. The van der Waals surface area contributed by atoms with Gasteiger partial charge in [0.2, 0.25) is 0 Å². The van der Waals surface area contributed by atoms with Crippen molar-refractivity contribution in [3.05, 3.63) is 23.9 Å². The fourth-order valence-corrected chi connectivity index (χ4v) is 0.500. The van der Waals surface area contributed by atoms with Crippen LogP contribution in [-0.2, 0) is 0 Å². The summed E-state index contributed by atoms with van der Waals surface area (Å²) in [5, 5.41) is 0.911. The van der Waals surface area contributed by atoms with E-state index < -0.39 is 0 Å². The van der Waals surface area contributed by atoms with Gasteiger partial charge in [0.15, 0.2) is 0 Å². The van der Waals surface area contributed by atoms with Crippen molar-refractivity contribution in [3.63, 3.8) is 0 Å². The van der Waals surface area contributed by atoms with Crippen LogP contribution in [0.25, 0.3) is 0 Å². The molecule has 0 amide bonds. The number of allylic oxidation sites excluding steroid dienone is 3. The van der Waals surface area contributed by atoms with E-state index in [1.54, 1.807) is 6.20 Å². The van der Waals surface area contributed by atoms with Crippen molar-refractivity contribution >= 4 is 22.6 Å². The Morgan fingerprint density at radius 1 is 1.78 bits per heavy atom. The zero-order chi connectivity index (χ0) is 7.11. The Bertz CT molecular complexity index is 136. The summed E-state index contributed by atoms with van der Waals surface area (Å²) in [6.07, 6.45) is 5.51. The van der Waals surface area contributed by atoms with E-state index in [0.29, 0.717) is 0 Å². The number of halogens is 1. The van der Waals surface area contributed by atoms with Gasteiger partial charge < -0.3 is 0 Å². The average Bonchev–Trinajstić information content (AvgIpc) is 1.89. The zero-order valence-electron chi connectivity index (χ0n) is 5.47. The summed E-state index contributed by atoms with van der Waals surface area (Å²) < 4.78 is 0. The van der Waals surface area contributed by atoms with Gasteiger partial charge in [-0.15, -0.1) is 0 Å². The fourth-order valence-electron chi connectivity index (χ4n) is 0.313. The molecule has 0 radical (unpaired) electrons. The molecule has 0 aliphatic carbocycles. The number of nitrogens with zero attached hydrogens (tertiary/aromatic N) is 1. The molecule has 0 aliphatic heterocycles. The number of rotatable bonds is 3. The van der Waals surface area contributed by atoms with E-state index in [0.717, 1.165) is 5.33 Å². The van der Waals surface area contributed by atoms with Gasteiger partial charge in [0.25, 0.3) is 0 Å². The van der Waals surface area contributed by atoms with Gasteiger partial charge in [-0.25, -0.2) is 0 Å². The van der Waals surface area contributed by atoms with Gasteiger partial charge in [0, 0.05) is 11.5 Å². The number of alkyl halides is 1. The van der Waals surface area contributed by atoms with Crippen LogP contribution >= 0.6 is 15.9 Å². The predicted octanol–water partition coefficient (Wildman–Crippen LogP) is 2.54. The van der Waals surface area contributed by atoms with Crippen molar-refractivity contribution in [1.29, 1.82) is 0 Å². The molecule has 0 saturated heterocycles. The van der Waals surface area contributed by atoms with Crippen LogP contribution in [0.1, 0.15) is 6.92 Å². The van der Waals surface area contributed by atoms with Gasteiger partial charge in [0.05, 0.1) is 0 Å². The second-order valence-corrected chi connectivity index (χ2v) is 2.23. The molecule has 2 heteroatoms. The molecule has 0 aromatic heterocycles. The van der Waals surface area contributed by atoms with E-state index in [4.69, 9.17) is 0 Å². The lowest BCUT2D eigenvalue weighted by Crippen LogP contribution is -1.71. The minimum absolute atomic E-state index is 0.911. The Morgan fingerprint density at radius 3 is 2.89 bits per heavy atom. The molecule has 0 atom stereocenters. The van der Waals surface area contributed by atoms with E-state index in [9.17, 15) is 0 Å². The van der Waals surface area contributed by atoms with Crippen molar-refractivity contribution in [3.8, 4) is 0 Å². The lowest BCUT2D eigenvalue weighted by atomic mass is 10.3. The predicted molar refractivity (Wildman–Crippen MR) is 46.2 cm³/mol. The maximum atomic E-state index is 3.55. The third kappa shape index (κ3) is 5.50. The molecule has 0 rings (SSSR count). The summed E-state index contributed by atoms with van der Waals surface area (Å²) >= 11 is 3.32. The Morgan fingerprint density at radius 2 is 2.44 bits per heavy atom. The van der Waals surface area contributed by atoms with Crippen molar-refractivity contribution in [2.24, 2.45) is 4.99 Å². The fraction of sp³-hybridized carbons (Fsp3) is 0.286. The summed E-state index contributed by atoms with van der Waals surface area (Å²) in [5.74, 6) is 0. The molecule has 0 fully saturated rings. The zero-order valence-corrected chi connectivity index (χ0v) is 7.06. The standard InChI is InChI=1S/C7H10BrN/c1-7(6-8)4-3-5-9-2/h3-5H,2,6H2,1H3/b5-3-,7-4+. The molecule has 0 unspecified atom stereocenters. The second kappa shape index (κ2) is 5.76. The van der Waals surface area contributed by atoms with Crippen LogP contribution in [0.5, 0.6) is 0 Å². The molecule has 0 N–H and O–H groups in total. The Kier molecular flexibility index (Phi) is 5.52. The molecule has 0 aromatic carbocycles. The van der Waals surface area contributed by atoms with Gasteiger partial charge in [-0.3, -0.25) is 4.99 Å². The summed E-state index contributed by atoms with van der Waals surface area (Å²) in [6, 6.07) is 0. The number of hydrogen-bond acceptors (Lipinski definition) is 1. The first-order valence-corrected chi connectivity index (χ1v) is 3.77. The van der Waals surface area contributed by atoms with E-state index in [1.807, 2.05) is 19.1 Å². The Hall–Kier alpha value is -0.370. The van der Waals surface area contributed by atoms with Gasteiger partial charge in [-0.05, 0) is 19.7 Å². The quantitative estimate of drug-likeness (QED) is 0.366. The molecule has 0 aliphatic rings. The minimum atomic E-state index is 0.911. The molecule has 0 heterocycles. The van der Waals surface area contributed by atoms with Gasteiger partial charge >= 0.3 is 0 Å². The SMILES string of the molecule is C=N/C=C\C=C(/C)CBr. The molecular formula is C7H10BrN. The minimum Gasteiger partial charge on any atom is -0.273 e. The highest BCUT2D eigenvalue weighted by molar-refractivity contribution is 9.09. The van der Waals surface area contributed by atoms with Crippen LogP contribution in [-0.4, -0.2) is 12.0 Å². The summed E-state index contributed by atoms with van der Waals surface area (Å²) in [7, 11) is 0. The molecule has 9 heavy (non-hydrogen) atoms. The van der Waals surface area contributed by atoms with Crippen LogP contribution in [0.2, 0.25) is 0 Å². The first-order chi connectivity index (χ1) is 4.31. The van der Waals surface area contributed by atoms with Crippen LogP contribution in [0.15, 0.2) is 28.9 Å². The molecule has 0 saturated carbocycles. The summed E-state index contributed by atoms with van der Waals surface area (Å²) in [4.78, 5) is 3.55. The molecule has 50 valence electrons. The van der Waals surface area contributed by atoms with Crippen LogP contribution in [0.4, 0.5) is 0 Å². The molecule has 0 aromatic rings. The molecule has 1 nitrogen and oxygen atoms in total. The molecular weight excluding hydrogens is 178 g/mol. The van der Waals surface area contributed by atoms with Gasteiger partial charge in [-0.2, -0.15) is 0 Å². The topological polar surface area (TPSA) is 12.4 Å². The summed E-state index contributed by atoms with van der Waals surface area (Å²) in [5.41, 5.74) is 1.27. The first kappa shape index (κ1) is 8.63. The van der Waals surface area contributed by atoms with Gasteiger partial charge in [-0.1, -0.05) is 27.6 Å². The van der Waals surface area contributed by atoms with E-state index in [1.165, 1.54) is 5.57 Å². The monoisotopic (exact) mass is 187 g/mol. The van der Waals surface area contributed by atoms with Gasteiger partial charge in [0.1, 0.15) is 0 Å². The maximum Gasteiger partial charge on any atom is 0.0260 e. The van der Waals surface area contributed by atoms with Crippen molar-refractivity contribution in [2.75, 3.05) is 5.33 Å². The van der Waals surface area contributed by atoms with Crippen LogP contribution in [0, 0.1) is 0 Å². The van der Waals surface area contributed by atoms with E-state index in [2.05, 4.69) is 27.6 Å². The smallest absolute Gasteiger partial charge is 0.0260 e. The normalized spacial score (nSPS) is 12.4. The van der Waals surface area contributed by atoms with E-state index in [-0.39, 0.29) is 0 Å². The number of aliphatic imine (C=N–C) groups is 1. The number of hydrogen-bond donors (Lipinski definition) is 0. The second-order valence-electron chi connectivity index (χ2n) is 1.67. The lowest BCUT2D eigenvalue weighted by Gasteiger charge is -1.85. The average molecular weight is 188 g/mol. The van der Waals surface area contributed by atoms with Crippen molar-refractivity contribution < 1.29 is 0 Å². The third-order valence-corrected chi connectivity index (χ3v) is 1.67. The maximum absolute atomic E-state index is 3.55. The largest absolute Gasteiger partial charge is 0.273 e. The highest BCUT2D eigenvalue weighted by atomic mass is 79.9. The van der Waals surface area contributed by atoms with Crippen LogP contribution < -0.4 is 0 Å². The van der Waals surface area contributed by atoms with Crippen molar-refractivity contribution in [2.45, 2.75) is 6.92 Å². The van der Waals surface area contributed by atoms with Crippen molar-refractivity contribution in [1.82, 2.24) is 0 Å². The third-order valence-electron chi connectivity index (χ3n) is 0.783. The first-order valence-electron chi connectivity index (χ1n) is 2.65. The Balaban J connectivity index is 3.67. The highest BCUT2D eigenvalue weighted by Gasteiger charge is 1.77.